The van der Waals surface area contributed by atoms with Crippen LogP contribution in [0.1, 0.15) is 30.1 Å². The molecule has 0 bridgehead atoms. The lowest BCUT2D eigenvalue weighted by atomic mass is 10.1. The highest BCUT2D eigenvalue weighted by Gasteiger charge is 2.32. The molecule has 4 rings (SSSR count). The van der Waals surface area contributed by atoms with Crippen molar-refractivity contribution in [3.05, 3.63) is 72.2 Å². The maximum atomic E-state index is 13.5. The Labute approximate surface area is 221 Å². The number of hydrogen-bond donors (Lipinski definition) is 3. The molecular weight excluding hydrogens is 520 g/mol. The van der Waals surface area contributed by atoms with E-state index in [4.69, 9.17) is 4.74 Å². The Hall–Kier alpha value is -4.03. The zero-order valence-electron chi connectivity index (χ0n) is 20.8. The van der Waals surface area contributed by atoms with Gasteiger partial charge in [-0.15, -0.1) is 13.2 Å². The summed E-state index contributed by atoms with van der Waals surface area (Å²) in [6, 6.07) is 11.5. The van der Waals surface area contributed by atoms with E-state index in [0.29, 0.717) is 24.4 Å². The van der Waals surface area contributed by atoms with Gasteiger partial charge in [0.25, 0.3) is 5.91 Å². The first-order valence-corrected chi connectivity index (χ1v) is 12.2. The first-order chi connectivity index (χ1) is 18.6. The predicted molar refractivity (Wildman–Crippen MR) is 136 cm³/mol. The second kappa shape index (κ2) is 12.2. The monoisotopic (exact) mass is 546 g/mol. The van der Waals surface area contributed by atoms with E-state index in [1.165, 1.54) is 36.5 Å². The van der Waals surface area contributed by atoms with E-state index in [-0.39, 0.29) is 23.0 Å². The second-order valence-corrected chi connectivity index (χ2v) is 8.89. The molecule has 0 spiro atoms. The van der Waals surface area contributed by atoms with Gasteiger partial charge in [0.05, 0.1) is 35.7 Å². The minimum Gasteiger partial charge on any atom is -0.404 e. The zero-order valence-corrected chi connectivity index (χ0v) is 20.8. The SMILES string of the molecule is CC(NCCOC1CC1)C(=O)Nc1cc(NC(=O)c2ccc(-c3cccc(F)c3)nc2)ccc1OC(F)(F)F. The van der Waals surface area contributed by atoms with Crippen molar-refractivity contribution >= 4 is 23.2 Å². The summed E-state index contributed by atoms with van der Waals surface area (Å²) in [4.78, 5) is 29.5. The number of hydrogen-bond acceptors (Lipinski definition) is 6. The van der Waals surface area contributed by atoms with E-state index in [2.05, 4.69) is 25.7 Å². The van der Waals surface area contributed by atoms with Gasteiger partial charge in [-0.05, 0) is 62.2 Å². The van der Waals surface area contributed by atoms with Crippen LogP contribution in [-0.4, -0.2) is 48.5 Å². The summed E-state index contributed by atoms with van der Waals surface area (Å²) in [5.74, 6) is -2.27. The Morgan fingerprint density at radius 3 is 2.54 bits per heavy atom. The van der Waals surface area contributed by atoms with Crippen LogP contribution < -0.4 is 20.7 Å². The van der Waals surface area contributed by atoms with Crippen LogP contribution >= 0.6 is 0 Å². The lowest BCUT2D eigenvalue weighted by Crippen LogP contribution is -2.39. The van der Waals surface area contributed by atoms with Gasteiger partial charge in [-0.3, -0.25) is 14.6 Å². The van der Waals surface area contributed by atoms with E-state index in [0.717, 1.165) is 25.0 Å². The minimum absolute atomic E-state index is 0.109. The van der Waals surface area contributed by atoms with Gasteiger partial charge in [-0.2, -0.15) is 0 Å². The van der Waals surface area contributed by atoms with Crippen LogP contribution in [0.25, 0.3) is 11.3 Å². The van der Waals surface area contributed by atoms with Crippen molar-refractivity contribution in [2.45, 2.75) is 38.3 Å². The standard InChI is InChI=1S/C27H26F4N4O4/c1-16(32-11-12-38-21-7-8-21)25(36)35-23-14-20(6-10-24(23)39-27(29,30)31)34-26(37)18-5-9-22(33-15-18)17-3-2-4-19(28)13-17/h2-6,9-10,13-16,21,32H,7-8,11-12H2,1H3,(H,34,37)(H,35,36). The highest BCUT2D eigenvalue weighted by molar-refractivity contribution is 6.05. The summed E-state index contributed by atoms with van der Waals surface area (Å²) in [5.41, 5.74) is 0.964. The van der Waals surface area contributed by atoms with Crippen molar-refractivity contribution in [3.63, 3.8) is 0 Å². The van der Waals surface area contributed by atoms with Gasteiger partial charge in [0.15, 0.2) is 5.75 Å². The fourth-order valence-electron chi connectivity index (χ4n) is 3.54. The quantitative estimate of drug-likeness (QED) is 0.228. The van der Waals surface area contributed by atoms with Crippen molar-refractivity contribution in [2.75, 3.05) is 23.8 Å². The van der Waals surface area contributed by atoms with Gasteiger partial charge in [0.1, 0.15) is 5.82 Å². The molecule has 0 aliphatic heterocycles. The Balaban J connectivity index is 1.43. The summed E-state index contributed by atoms with van der Waals surface area (Å²) >= 11 is 0. The van der Waals surface area contributed by atoms with Crippen molar-refractivity contribution in [3.8, 4) is 17.0 Å². The number of nitrogens with one attached hydrogen (secondary N) is 3. The van der Waals surface area contributed by atoms with Crippen LogP contribution in [0.2, 0.25) is 0 Å². The summed E-state index contributed by atoms with van der Waals surface area (Å²) in [5, 5.41) is 7.92. The number of anilines is 2. The minimum atomic E-state index is -5.00. The van der Waals surface area contributed by atoms with Gasteiger partial charge >= 0.3 is 6.36 Å². The Morgan fingerprint density at radius 1 is 1.08 bits per heavy atom. The van der Waals surface area contributed by atoms with E-state index < -0.39 is 35.8 Å². The van der Waals surface area contributed by atoms with Crippen LogP contribution in [-0.2, 0) is 9.53 Å². The lowest BCUT2D eigenvalue weighted by Gasteiger charge is -2.18. The molecule has 0 radical (unpaired) electrons. The second-order valence-electron chi connectivity index (χ2n) is 8.89. The number of nitrogens with zero attached hydrogens (tertiary/aromatic N) is 1. The molecule has 1 saturated carbocycles. The summed E-state index contributed by atoms with van der Waals surface area (Å²) in [7, 11) is 0. The predicted octanol–water partition coefficient (Wildman–Crippen LogP) is 5.13. The van der Waals surface area contributed by atoms with Crippen molar-refractivity contribution in [1.29, 1.82) is 0 Å². The van der Waals surface area contributed by atoms with Gasteiger partial charge in [-0.25, -0.2) is 4.39 Å². The Bertz CT molecular complexity index is 1310. The summed E-state index contributed by atoms with van der Waals surface area (Å²) < 4.78 is 61.9. The van der Waals surface area contributed by atoms with E-state index >= 15 is 0 Å². The van der Waals surface area contributed by atoms with Crippen LogP contribution in [0.15, 0.2) is 60.8 Å². The van der Waals surface area contributed by atoms with E-state index in [9.17, 15) is 27.2 Å². The van der Waals surface area contributed by atoms with Crippen LogP contribution in [0.4, 0.5) is 28.9 Å². The van der Waals surface area contributed by atoms with Crippen molar-refractivity contribution in [2.24, 2.45) is 0 Å². The number of benzene rings is 2. The molecule has 1 atom stereocenters. The molecule has 1 fully saturated rings. The fraction of sp³-hybridized carbons (Fsp3) is 0.296. The van der Waals surface area contributed by atoms with Crippen LogP contribution in [0.5, 0.6) is 5.75 Å². The lowest BCUT2D eigenvalue weighted by molar-refractivity contribution is -0.274. The van der Waals surface area contributed by atoms with Crippen molar-refractivity contribution in [1.82, 2.24) is 10.3 Å². The van der Waals surface area contributed by atoms with E-state index in [1.54, 1.807) is 19.1 Å². The van der Waals surface area contributed by atoms with Gasteiger partial charge in [0.2, 0.25) is 5.91 Å². The molecule has 8 nitrogen and oxygen atoms in total. The van der Waals surface area contributed by atoms with Gasteiger partial charge in [-0.1, -0.05) is 12.1 Å². The molecule has 3 aromatic rings. The largest absolute Gasteiger partial charge is 0.573 e. The molecule has 2 amide bonds. The van der Waals surface area contributed by atoms with Crippen LogP contribution in [0, 0.1) is 5.82 Å². The fourth-order valence-corrected chi connectivity index (χ4v) is 3.54. The molecule has 39 heavy (non-hydrogen) atoms. The number of aromatic nitrogens is 1. The first kappa shape index (κ1) is 28.0. The number of ether oxygens (including phenoxy) is 2. The molecule has 12 heteroatoms. The van der Waals surface area contributed by atoms with Gasteiger partial charge in [0, 0.05) is 24.0 Å². The number of pyridine rings is 1. The molecule has 1 aliphatic rings. The third kappa shape index (κ3) is 8.48. The zero-order chi connectivity index (χ0) is 28.0. The molecule has 1 aromatic heterocycles. The average Bonchev–Trinajstić information content (AvgIpc) is 3.72. The first-order valence-electron chi connectivity index (χ1n) is 12.2. The molecule has 3 N–H and O–H groups in total. The maximum absolute atomic E-state index is 13.5. The number of amides is 2. The molecule has 1 heterocycles. The Kier molecular flexibility index (Phi) is 8.77. The van der Waals surface area contributed by atoms with Crippen LogP contribution in [0.3, 0.4) is 0 Å². The smallest absolute Gasteiger partial charge is 0.404 e. The molecular formula is C27H26F4N4O4. The highest BCUT2D eigenvalue weighted by Crippen LogP contribution is 2.33. The molecule has 1 aliphatic carbocycles. The van der Waals surface area contributed by atoms with Gasteiger partial charge < -0.3 is 25.4 Å². The highest BCUT2D eigenvalue weighted by atomic mass is 19.4. The Morgan fingerprint density at radius 2 is 1.87 bits per heavy atom. The molecule has 0 saturated heterocycles. The molecule has 2 aromatic carbocycles. The number of alkyl halides is 3. The maximum Gasteiger partial charge on any atom is 0.573 e. The third-order valence-electron chi connectivity index (χ3n) is 5.69. The number of carbonyl (C=O) groups is 2. The topological polar surface area (TPSA) is 102 Å². The summed E-state index contributed by atoms with van der Waals surface area (Å²) in [6.07, 6.45) is -1.41. The molecule has 1 unspecified atom stereocenters. The summed E-state index contributed by atoms with van der Waals surface area (Å²) in [6.45, 7) is 2.35. The van der Waals surface area contributed by atoms with E-state index in [1.807, 2.05) is 0 Å². The third-order valence-corrected chi connectivity index (χ3v) is 5.69. The molecule has 206 valence electrons. The number of carbonyl (C=O) groups excluding carboxylic acids is 2. The number of rotatable bonds is 11. The van der Waals surface area contributed by atoms with Crippen molar-refractivity contribution < 1.29 is 36.6 Å². The number of halogens is 4. The average molecular weight is 547 g/mol. The normalized spacial score (nSPS) is 14.0.